The Morgan fingerprint density at radius 3 is 2.88 bits per heavy atom. The number of likely N-dealkylation sites (tertiary alicyclic amines) is 1. The third-order valence-electron chi connectivity index (χ3n) is 4.87. The first kappa shape index (κ1) is 11.0. The quantitative estimate of drug-likeness (QED) is 0.779. The maximum Gasteiger partial charge on any atom is 0.0495 e. The Labute approximate surface area is 98.3 Å². The van der Waals surface area contributed by atoms with Gasteiger partial charge >= 0.3 is 0 Å². The van der Waals surface area contributed by atoms with Gasteiger partial charge in [-0.15, -0.1) is 0 Å². The highest BCUT2D eigenvalue weighted by molar-refractivity contribution is 4.95. The fraction of sp³-hybridized carbons (Fsp3) is 1.00. The first-order chi connectivity index (χ1) is 7.83. The topological polar surface area (TPSA) is 38.5 Å². The Morgan fingerprint density at radius 2 is 2.12 bits per heavy atom. The van der Waals surface area contributed by atoms with Crippen LogP contribution < -0.4 is 5.73 Å². The van der Waals surface area contributed by atoms with Gasteiger partial charge in [0.2, 0.25) is 0 Å². The minimum absolute atomic E-state index is 0.491. The average molecular weight is 224 g/mol. The van der Waals surface area contributed by atoms with Crippen LogP contribution in [0.2, 0.25) is 0 Å². The van der Waals surface area contributed by atoms with E-state index in [1.54, 1.807) is 0 Å². The summed E-state index contributed by atoms with van der Waals surface area (Å²) in [6.07, 6.45) is 5.24. The molecule has 0 bridgehead atoms. The van der Waals surface area contributed by atoms with Crippen molar-refractivity contribution in [3.8, 4) is 0 Å². The molecule has 2 heterocycles. The molecule has 3 rings (SSSR count). The molecule has 2 N–H and O–H groups in total. The van der Waals surface area contributed by atoms with Crippen molar-refractivity contribution < 1.29 is 4.74 Å². The van der Waals surface area contributed by atoms with E-state index in [9.17, 15) is 0 Å². The van der Waals surface area contributed by atoms with Crippen LogP contribution in [0.25, 0.3) is 0 Å². The summed E-state index contributed by atoms with van der Waals surface area (Å²) in [5.41, 5.74) is 6.15. The van der Waals surface area contributed by atoms with Crippen LogP contribution in [0.1, 0.15) is 25.7 Å². The van der Waals surface area contributed by atoms with Gasteiger partial charge in [0.15, 0.2) is 0 Å². The highest BCUT2D eigenvalue weighted by Gasteiger charge is 2.40. The highest BCUT2D eigenvalue weighted by atomic mass is 16.5. The Hall–Kier alpha value is -0.120. The lowest BCUT2D eigenvalue weighted by molar-refractivity contribution is 0.179. The number of nitrogens with two attached hydrogens (primary N) is 1. The normalized spacial score (nSPS) is 44.1. The highest BCUT2D eigenvalue weighted by Crippen LogP contribution is 2.37. The molecule has 0 aromatic rings. The third-order valence-corrected chi connectivity index (χ3v) is 4.87. The number of nitrogens with zero attached hydrogens (tertiary/aromatic N) is 1. The van der Waals surface area contributed by atoms with Gasteiger partial charge in [-0.25, -0.2) is 0 Å². The molecule has 3 nitrogen and oxygen atoms in total. The van der Waals surface area contributed by atoms with Crippen LogP contribution in [0, 0.1) is 17.8 Å². The average Bonchev–Trinajstić information content (AvgIpc) is 2.95. The number of ether oxygens (including phenoxy) is 1. The van der Waals surface area contributed by atoms with Crippen LogP contribution in [0.15, 0.2) is 0 Å². The lowest BCUT2D eigenvalue weighted by Crippen LogP contribution is -2.31. The van der Waals surface area contributed by atoms with E-state index in [0.717, 1.165) is 31.0 Å². The monoisotopic (exact) mass is 224 g/mol. The van der Waals surface area contributed by atoms with Crippen molar-refractivity contribution in [2.24, 2.45) is 23.5 Å². The van der Waals surface area contributed by atoms with Crippen molar-refractivity contribution in [1.29, 1.82) is 0 Å². The molecule has 0 amide bonds. The molecule has 0 aromatic carbocycles. The van der Waals surface area contributed by atoms with Gasteiger partial charge in [-0.05, 0) is 50.0 Å². The van der Waals surface area contributed by atoms with Crippen molar-refractivity contribution in [1.82, 2.24) is 4.90 Å². The molecular formula is C13H24N2O. The molecule has 16 heavy (non-hydrogen) atoms. The summed E-state index contributed by atoms with van der Waals surface area (Å²) in [7, 11) is 0. The molecule has 1 aliphatic carbocycles. The molecule has 2 aliphatic heterocycles. The third kappa shape index (κ3) is 2.13. The SMILES string of the molecule is NC1CCC2CN(CCC3CCOC3)CC12. The first-order valence-corrected chi connectivity index (χ1v) is 6.88. The summed E-state index contributed by atoms with van der Waals surface area (Å²) in [6.45, 7) is 5.83. The first-order valence-electron chi connectivity index (χ1n) is 6.88. The fourth-order valence-corrected chi connectivity index (χ4v) is 3.76. The molecule has 2 saturated heterocycles. The predicted octanol–water partition coefficient (Wildman–Crippen LogP) is 1.08. The Bertz CT molecular complexity index is 240. The van der Waals surface area contributed by atoms with E-state index < -0.39 is 0 Å². The standard InChI is InChI=1S/C13H24N2O/c14-13-2-1-11-7-15(8-12(11)13)5-3-10-4-6-16-9-10/h10-13H,1-9,14H2. The summed E-state index contributed by atoms with van der Waals surface area (Å²) in [5, 5.41) is 0. The van der Waals surface area contributed by atoms with Gasteiger partial charge < -0.3 is 15.4 Å². The molecule has 0 spiro atoms. The molecule has 4 unspecified atom stereocenters. The van der Waals surface area contributed by atoms with Crippen LogP contribution in [-0.4, -0.2) is 43.8 Å². The Morgan fingerprint density at radius 1 is 1.19 bits per heavy atom. The lowest BCUT2D eigenvalue weighted by Gasteiger charge is -2.19. The molecule has 4 atom stereocenters. The smallest absolute Gasteiger partial charge is 0.0495 e. The number of hydrogen-bond donors (Lipinski definition) is 1. The Balaban J connectivity index is 1.44. The number of fused-ring (bicyclic) bond motifs is 1. The zero-order chi connectivity index (χ0) is 11.0. The molecule has 1 saturated carbocycles. The van der Waals surface area contributed by atoms with Gasteiger partial charge in [0, 0.05) is 32.3 Å². The van der Waals surface area contributed by atoms with Gasteiger partial charge in [-0.1, -0.05) is 0 Å². The second kappa shape index (κ2) is 4.63. The van der Waals surface area contributed by atoms with Gasteiger partial charge in [0.25, 0.3) is 0 Å². The largest absolute Gasteiger partial charge is 0.381 e. The van der Waals surface area contributed by atoms with Crippen LogP contribution in [-0.2, 0) is 4.74 Å². The molecule has 3 aliphatic rings. The van der Waals surface area contributed by atoms with E-state index in [4.69, 9.17) is 10.5 Å². The molecule has 0 radical (unpaired) electrons. The summed E-state index contributed by atoms with van der Waals surface area (Å²) < 4.78 is 5.43. The van der Waals surface area contributed by atoms with Gasteiger partial charge in [0.1, 0.15) is 0 Å². The summed E-state index contributed by atoms with van der Waals surface area (Å²) >= 11 is 0. The summed E-state index contributed by atoms with van der Waals surface area (Å²) in [4.78, 5) is 2.65. The number of rotatable bonds is 3. The second-order valence-corrected chi connectivity index (χ2v) is 5.94. The minimum Gasteiger partial charge on any atom is -0.381 e. The number of hydrogen-bond acceptors (Lipinski definition) is 3. The van der Waals surface area contributed by atoms with Crippen molar-refractivity contribution in [2.45, 2.75) is 31.7 Å². The van der Waals surface area contributed by atoms with Crippen molar-refractivity contribution in [3.63, 3.8) is 0 Å². The Kier molecular flexibility index (Phi) is 3.18. The predicted molar refractivity (Wildman–Crippen MR) is 64.2 cm³/mol. The van der Waals surface area contributed by atoms with Crippen LogP contribution in [0.3, 0.4) is 0 Å². The van der Waals surface area contributed by atoms with Crippen molar-refractivity contribution >= 4 is 0 Å². The van der Waals surface area contributed by atoms with Gasteiger partial charge in [-0.2, -0.15) is 0 Å². The molecule has 3 fully saturated rings. The molecular weight excluding hydrogens is 200 g/mol. The van der Waals surface area contributed by atoms with Crippen LogP contribution in [0.4, 0.5) is 0 Å². The van der Waals surface area contributed by atoms with Crippen LogP contribution in [0.5, 0.6) is 0 Å². The molecule has 92 valence electrons. The lowest BCUT2D eigenvalue weighted by atomic mass is 9.98. The van der Waals surface area contributed by atoms with E-state index in [-0.39, 0.29) is 0 Å². The minimum atomic E-state index is 0.491. The zero-order valence-electron chi connectivity index (χ0n) is 10.1. The summed E-state index contributed by atoms with van der Waals surface area (Å²) in [5.74, 6) is 2.55. The van der Waals surface area contributed by atoms with Gasteiger partial charge in [-0.3, -0.25) is 0 Å². The van der Waals surface area contributed by atoms with E-state index in [1.165, 1.54) is 45.3 Å². The van der Waals surface area contributed by atoms with E-state index in [1.807, 2.05) is 0 Å². The fourth-order valence-electron chi connectivity index (χ4n) is 3.76. The van der Waals surface area contributed by atoms with E-state index >= 15 is 0 Å². The maximum atomic E-state index is 6.15. The maximum absolute atomic E-state index is 6.15. The molecule has 0 aromatic heterocycles. The second-order valence-electron chi connectivity index (χ2n) is 5.94. The van der Waals surface area contributed by atoms with Crippen LogP contribution >= 0.6 is 0 Å². The van der Waals surface area contributed by atoms with E-state index in [2.05, 4.69) is 4.90 Å². The zero-order valence-corrected chi connectivity index (χ0v) is 10.1. The summed E-state index contributed by atoms with van der Waals surface area (Å²) in [6, 6.07) is 0.491. The van der Waals surface area contributed by atoms with Crippen molar-refractivity contribution in [3.05, 3.63) is 0 Å². The van der Waals surface area contributed by atoms with E-state index in [0.29, 0.717) is 6.04 Å². The van der Waals surface area contributed by atoms with Crippen molar-refractivity contribution in [2.75, 3.05) is 32.8 Å². The van der Waals surface area contributed by atoms with Gasteiger partial charge in [0.05, 0.1) is 0 Å². The molecule has 3 heteroatoms.